The van der Waals surface area contributed by atoms with E-state index in [1.54, 1.807) is 0 Å². The second-order valence-corrected chi connectivity index (χ2v) is 11.4. The minimum Gasteiger partial charge on any atom is -0.303 e. The van der Waals surface area contributed by atoms with Gasteiger partial charge in [-0.1, -0.05) is 77.6 Å². The summed E-state index contributed by atoms with van der Waals surface area (Å²) < 4.78 is 15.7. The van der Waals surface area contributed by atoms with Gasteiger partial charge in [0, 0.05) is 25.7 Å². The lowest BCUT2D eigenvalue weighted by Crippen LogP contribution is -2.46. The molecule has 2 unspecified atom stereocenters. The van der Waals surface area contributed by atoms with Crippen molar-refractivity contribution in [2.24, 2.45) is 5.41 Å². The van der Waals surface area contributed by atoms with E-state index in [9.17, 15) is 4.57 Å². The molecule has 0 amide bonds. The summed E-state index contributed by atoms with van der Waals surface area (Å²) in [6, 6.07) is 0. The second kappa shape index (κ2) is 9.71. The Kier molecular flexibility index (Phi) is 10.8. The molecule has 4 nitrogen and oxygen atoms in total. The molecule has 0 spiro atoms. The van der Waals surface area contributed by atoms with Crippen LogP contribution >= 0.6 is 83.1 Å². The third-order valence-electron chi connectivity index (χ3n) is 3.23. The summed E-state index contributed by atoms with van der Waals surface area (Å²) in [4.78, 5) is 17.4. The molecule has 2 atom stereocenters. The first-order valence-corrected chi connectivity index (χ1v) is 12.1. The molecule has 0 aromatic rings. The van der Waals surface area contributed by atoms with Gasteiger partial charge in [0.05, 0.1) is 11.5 Å². The minimum atomic E-state index is -4.51. The van der Waals surface area contributed by atoms with Crippen LogP contribution in [-0.4, -0.2) is 41.6 Å². The monoisotopic (exact) mass is 598 g/mol. The van der Waals surface area contributed by atoms with Gasteiger partial charge in [-0.25, -0.2) is 4.57 Å². The van der Waals surface area contributed by atoms with E-state index >= 15 is 0 Å². The fraction of sp³-hybridized carbons (Fsp3) is 1.00. The van der Waals surface area contributed by atoms with E-state index in [2.05, 4.69) is 63.7 Å². The zero-order valence-electron chi connectivity index (χ0n) is 11.7. The van der Waals surface area contributed by atoms with Crippen LogP contribution in [0.15, 0.2) is 0 Å². The van der Waals surface area contributed by atoms with Crippen molar-refractivity contribution in [2.75, 3.05) is 17.3 Å². The van der Waals surface area contributed by atoms with Crippen molar-refractivity contribution < 1.29 is 18.9 Å². The van der Waals surface area contributed by atoms with Gasteiger partial charge in [0.1, 0.15) is 0 Å². The molecular weight excluding hydrogens is 582 g/mol. The van der Waals surface area contributed by atoms with E-state index in [1.807, 2.05) is 13.8 Å². The molecule has 0 saturated carbocycles. The average molecular weight is 602 g/mol. The van der Waals surface area contributed by atoms with Crippen LogP contribution in [0, 0.1) is 5.41 Å². The molecule has 0 aliphatic rings. The highest BCUT2D eigenvalue weighted by Gasteiger charge is 2.46. The van der Waals surface area contributed by atoms with Crippen LogP contribution in [0.3, 0.4) is 0 Å². The lowest BCUT2D eigenvalue weighted by atomic mass is 9.74. The summed E-state index contributed by atoms with van der Waals surface area (Å²) in [6.45, 7) is 3.60. The Morgan fingerprint density at radius 3 is 1.81 bits per heavy atom. The molecule has 0 heterocycles. The first-order chi connectivity index (χ1) is 9.37. The predicted molar refractivity (Wildman–Crippen MR) is 103 cm³/mol. The Morgan fingerprint density at radius 1 is 1.14 bits per heavy atom. The van der Waals surface area contributed by atoms with Gasteiger partial charge in [0.2, 0.25) is 0 Å². The minimum absolute atomic E-state index is 0.120. The summed E-state index contributed by atoms with van der Waals surface area (Å²) in [5, 5.41) is 1.47. The number of phosphoric ester groups is 1. The lowest BCUT2D eigenvalue weighted by molar-refractivity contribution is 0.0902. The first kappa shape index (κ1) is 23.3. The number of hydrogen-bond donors (Lipinski definition) is 2. The highest BCUT2D eigenvalue weighted by molar-refractivity contribution is 9.12. The second-order valence-electron chi connectivity index (χ2n) is 5.52. The van der Waals surface area contributed by atoms with Crippen molar-refractivity contribution in [3.63, 3.8) is 0 Å². The van der Waals surface area contributed by atoms with Crippen LogP contribution in [0.5, 0.6) is 0 Å². The number of rotatable bonds is 10. The smallest absolute Gasteiger partial charge is 0.303 e. The molecule has 0 fully saturated rings. The number of hydrogen-bond acceptors (Lipinski definition) is 2. The largest absolute Gasteiger partial charge is 0.469 e. The average Bonchev–Trinajstić information content (AvgIpc) is 2.35. The van der Waals surface area contributed by atoms with Crippen molar-refractivity contribution in [3.8, 4) is 0 Å². The van der Waals surface area contributed by atoms with Gasteiger partial charge in [-0.2, -0.15) is 0 Å². The molecule has 0 aliphatic carbocycles. The van der Waals surface area contributed by atoms with Crippen LogP contribution in [-0.2, 0) is 9.09 Å². The maximum Gasteiger partial charge on any atom is 0.469 e. The summed E-state index contributed by atoms with van der Waals surface area (Å²) in [6.07, 6.45) is 1.26. The Balaban J connectivity index is 5.19. The van der Waals surface area contributed by atoms with Crippen LogP contribution in [0.25, 0.3) is 0 Å². The molecule has 0 radical (unpaired) electrons. The quantitative estimate of drug-likeness (QED) is 0.267. The van der Waals surface area contributed by atoms with Crippen molar-refractivity contribution in [1.82, 2.24) is 0 Å². The Labute approximate surface area is 164 Å². The normalized spacial score (nSPS) is 19.1. The first-order valence-electron chi connectivity index (χ1n) is 6.16. The Bertz CT molecular complexity index is 354. The van der Waals surface area contributed by atoms with E-state index in [0.717, 1.165) is 10.7 Å². The Hall–Kier alpha value is 2.32. The lowest BCUT2D eigenvalue weighted by Gasteiger charge is -2.44. The summed E-state index contributed by atoms with van der Waals surface area (Å²) in [7, 11) is -4.51. The highest BCUT2D eigenvalue weighted by atomic mass is 79.9. The van der Waals surface area contributed by atoms with E-state index in [-0.39, 0.29) is 16.3 Å². The van der Waals surface area contributed by atoms with Gasteiger partial charge in [0.25, 0.3) is 0 Å². The van der Waals surface area contributed by atoms with E-state index in [1.165, 1.54) is 0 Å². The van der Waals surface area contributed by atoms with Crippen molar-refractivity contribution in [1.29, 1.82) is 0 Å². The molecule has 0 bridgehead atoms. The third kappa shape index (κ3) is 8.82. The van der Waals surface area contributed by atoms with Gasteiger partial charge in [-0.3, -0.25) is 4.52 Å². The van der Waals surface area contributed by atoms with Gasteiger partial charge >= 0.3 is 7.82 Å². The summed E-state index contributed by atoms with van der Waals surface area (Å²) in [5.74, 6) is 0. The standard InChI is InChI=1S/C11H20Br4ClO4P/c1-10(2,7-20-21(17,18)19)11(16,3-8(14)5-12)4-9(15)6-13/h8-9H,3-7H2,1-2H3,(H2,17,18,19). The molecule has 0 aliphatic heterocycles. The zero-order chi connectivity index (χ0) is 16.9. The van der Waals surface area contributed by atoms with Gasteiger partial charge in [-0.05, 0) is 12.8 Å². The number of alkyl halides is 5. The molecule has 10 heteroatoms. The van der Waals surface area contributed by atoms with E-state index < -0.39 is 18.1 Å². The molecule has 21 heavy (non-hydrogen) atoms. The van der Waals surface area contributed by atoms with Crippen LogP contribution in [0.1, 0.15) is 26.7 Å². The molecular formula is C11H20Br4ClO4P. The highest BCUT2D eigenvalue weighted by Crippen LogP contribution is 2.49. The van der Waals surface area contributed by atoms with Gasteiger partial charge < -0.3 is 9.79 Å². The summed E-state index contributed by atoms with van der Waals surface area (Å²) >= 11 is 20.8. The van der Waals surface area contributed by atoms with E-state index in [4.69, 9.17) is 25.9 Å². The van der Waals surface area contributed by atoms with Crippen molar-refractivity contribution in [3.05, 3.63) is 0 Å². The van der Waals surface area contributed by atoms with Gasteiger partial charge in [-0.15, -0.1) is 11.6 Å². The van der Waals surface area contributed by atoms with Crippen LogP contribution in [0.4, 0.5) is 0 Å². The fourth-order valence-electron chi connectivity index (χ4n) is 1.82. The molecule has 0 aromatic heterocycles. The van der Waals surface area contributed by atoms with Crippen molar-refractivity contribution in [2.45, 2.75) is 41.2 Å². The number of halogens is 5. The SMILES string of the molecule is CC(C)(COP(=O)(O)O)C(Cl)(CC(Br)CBr)CC(Br)CBr. The maximum absolute atomic E-state index is 11.0. The topological polar surface area (TPSA) is 66.8 Å². The van der Waals surface area contributed by atoms with E-state index in [0.29, 0.717) is 12.8 Å². The van der Waals surface area contributed by atoms with Crippen LogP contribution in [0.2, 0.25) is 0 Å². The predicted octanol–water partition coefficient (Wildman–Crippen LogP) is 5.20. The molecule has 2 N–H and O–H groups in total. The van der Waals surface area contributed by atoms with Gasteiger partial charge in [0.15, 0.2) is 0 Å². The Morgan fingerprint density at radius 2 is 1.52 bits per heavy atom. The molecule has 0 rings (SSSR count). The molecule has 0 saturated heterocycles. The summed E-state index contributed by atoms with van der Waals surface area (Å²) in [5.41, 5.74) is -0.627. The fourth-order valence-corrected chi connectivity index (χ4v) is 4.68. The number of phosphoric acid groups is 1. The molecule has 128 valence electrons. The molecule has 0 aromatic carbocycles. The third-order valence-corrected chi connectivity index (χ3v) is 9.11. The zero-order valence-corrected chi connectivity index (χ0v) is 19.7. The van der Waals surface area contributed by atoms with Crippen LogP contribution < -0.4 is 0 Å². The van der Waals surface area contributed by atoms with Crippen molar-refractivity contribution >= 4 is 83.1 Å². The maximum atomic E-state index is 11.0.